The molecule has 2 aliphatic rings. The number of piperidine rings is 1. The number of ketones is 1. The van der Waals surface area contributed by atoms with E-state index in [1.54, 1.807) is 0 Å². The van der Waals surface area contributed by atoms with Gasteiger partial charge in [-0.1, -0.05) is 20.8 Å². The predicted molar refractivity (Wildman–Crippen MR) is 85.9 cm³/mol. The third-order valence-electron chi connectivity index (χ3n) is 5.06. The molecule has 1 aromatic carbocycles. The maximum absolute atomic E-state index is 13.6. The first-order chi connectivity index (χ1) is 11.1. The van der Waals surface area contributed by atoms with Gasteiger partial charge in [0, 0.05) is 32.0 Å². The molecule has 0 radical (unpaired) electrons. The first-order valence-electron chi connectivity index (χ1n) is 8.15. The third-order valence-corrected chi connectivity index (χ3v) is 5.06. The normalized spacial score (nSPS) is 22.9. The average Bonchev–Trinajstić information content (AvgIpc) is 2.45. The zero-order valence-electron chi connectivity index (χ0n) is 14.1. The third kappa shape index (κ3) is 2.64. The molecule has 5 nitrogen and oxygen atoms in total. The molecule has 0 saturated carbocycles. The van der Waals surface area contributed by atoms with Crippen LogP contribution in [-0.4, -0.2) is 40.6 Å². The SMILES string of the molecule is CC(C)(C)C1C(=O)c2ccc(F)cc2OC12CCN(C(=O)O)CC2. The fourth-order valence-electron chi connectivity index (χ4n) is 4.11. The Morgan fingerprint density at radius 1 is 1.33 bits per heavy atom. The summed E-state index contributed by atoms with van der Waals surface area (Å²) in [7, 11) is 0. The molecule has 1 amide bonds. The minimum absolute atomic E-state index is 0.0486. The number of amides is 1. The molecule has 1 fully saturated rings. The molecule has 1 N–H and O–H groups in total. The number of halogens is 1. The lowest BCUT2D eigenvalue weighted by molar-refractivity contribution is -0.0697. The molecule has 6 heteroatoms. The maximum atomic E-state index is 13.6. The van der Waals surface area contributed by atoms with Crippen molar-refractivity contribution in [3.63, 3.8) is 0 Å². The Labute approximate surface area is 140 Å². The van der Waals surface area contributed by atoms with Gasteiger partial charge in [0.2, 0.25) is 0 Å². The van der Waals surface area contributed by atoms with Crippen LogP contribution in [0.3, 0.4) is 0 Å². The lowest BCUT2D eigenvalue weighted by Crippen LogP contribution is -2.60. The number of likely N-dealkylation sites (tertiary alicyclic amines) is 1. The van der Waals surface area contributed by atoms with Gasteiger partial charge in [0.15, 0.2) is 5.78 Å². The fourth-order valence-corrected chi connectivity index (χ4v) is 4.11. The number of hydrogen-bond acceptors (Lipinski definition) is 3. The molecule has 3 rings (SSSR count). The molecule has 0 bridgehead atoms. The molecular weight excluding hydrogens is 313 g/mol. The van der Waals surface area contributed by atoms with Crippen LogP contribution in [-0.2, 0) is 0 Å². The van der Waals surface area contributed by atoms with Gasteiger partial charge in [0.05, 0.1) is 11.5 Å². The van der Waals surface area contributed by atoms with Crippen molar-refractivity contribution in [2.24, 2.45) is 11.3 Å². The van der Waals surface area contributed by atoms with Crippen molar-refractivity contribution in [2.45, 2.75) is 39.2 Å². The quantitative estimate of drug-likeness (QED) is 0.787. The van der Waals surface area contributed by atoms with Gasteiger partial charge in [0.1, 0.15) is 17.2 Å². The Balaban J connectivity index is 2.04. The van der Waals surface area contributed by atoms with Crippen LogP contribution < -0.4 is 4.74 Å². The summed E-state index contributed by atoms with van der Waals surface area (Å²) in [6.07, 6.45) is -0.128. The van der Waals surface area contributed by atoms with Crippen molar-refractivity contribution < 1.29 is 23.8 Å². The number of carbonyl (C=O) groups is 2. The second-order valence-electron chi connectivity index (χ2n) is 7.74. The number of hydrogen-bond donors (Lipinski definition) is 1. The van der Waals surface area contributed by atoms with Crippen LogP contribution >= 0.6 is 0 Å². The summed E-state index contributed by atoms with van der Waals surface area (Å²) in [5.41, 5.74) is -0.737. The van der Waals surface area contributed by atoms with Crippen LogP contribution in [0.4, 0.5) is 9.18 Å². The standard InChI is InChI=1S/C18H22FNO4/c1-17(2,3)15-14(21)12-5-4-11(19)10-13(12)24-18(15)6-8-20(9-7-18)16(22)23/h4-5,10,15H,6-9H2,1-3H3,(H,22,23). The summed E-state index contributed by atoms with van der Waals surface area (Å²) in [6.45, 7) is 6.57. The minimum atomic E-state index is -0.967. The van der Waals surface area contributed by atoms with Crippen LogP contribution in [0.15, 0.2) is 18.2 Å². The van der Waals surface area contributed by atoms with Gasteiger partial charge in [-0.25, -0.2) is 9.18 Å². The molecular formula is C18H22FNO4. The minimum Gasteiger partial charge on any atom is -0.485 e. The number of rotatable bonds is 0. The Kier molecular flexibility index (Phi) is 3.81. The molecule has 24 heavy (non-hydrogen) atoms. The number of carboxylic acid groups (broad SMARTS) is 1. The molecule has 0 aliphatic carbocycles. The molecule has 0 aromatic heterocycles. The van der Waals surface area contributed by atoms with Crippen molar-refractivity contribution in [1.29, 1.82) is 0 Å². The average molecular weight is 335 g/mol. The van der Waals surface area contributed by atoms with Crippen molar-refractivity contribution in [2.75, 3.05) is 13.1 Å². The monoisotopic (exact) mass is 335 g/mol. The topological polar surface area (TPSA) is 66.8 Å². The molecule has 1 atom stereocenters. The molecule has 1 saturated heterocycles. The smallest absolute Gasteiger partial charge is 0.407 e. The summed E-state index contributed by atoms with van der Waals surface area (Å²) in [5.74, 6) is -0.635. The van der Waals surface area contributed by atoms with Crippen molar-refractivity contribution in [3.05, 3.63) is 29.6 Å². The first-order valence-corrected chi connectivity index (χ1v) is 8.15. The second-order valence-corrected chi connectivity index (χ2v) is 7.74. The first kappa shape index (κ1) is 16.7. The summed E-state index contributed by atoms with van der Waals surface area (Å²) in [6, 6.07) is 3.99. The Hall–Kier alpha value is -2.11. The van der Waals surface area contributed by atoms with E-state index < -0.39 is 23.4 Å². The predicted octanol–water partition coefficient (Wildman–Crippen LogP) is 3.58. The zero-order valence-corrected chi connectivity index (χ0v) is 14.1. The lowest BCUT2D eigenvalue weighted by atomic mass is 9.62. The molecule has 2 heterocycles. The van der Waals surface area contributed by atoms with E-state index in [2.05, 4.69) is 0 Å². The lowest BCUT2D eigenvalue weighted by Gasteiger charge is -2.51. The van der Waals surface area contributed by atoms with E-state index in [1.807, 2.05) is 20.8 Å². The van der Waals surface area contributed by atoms with E-state index in [0.29, 0.717) is 31.5 Å². The van der Waals surface area contributed by atoms with Gasteiger partial charge in [-0.15, -0.1) is 0 Å². The van der Waals surface area contributed by atoms with Gasteiger partial charge >= 0.3 is 6.09 Å². The van der Waals surface area contributed by atoms with Gasteiger partial charge in [0.25, 0.3) is 0 Å². The number of ether oxygens (including phenoxy) is 1. The molecule has 130 valence electrons. The summed E-state index contributed by atoms with van der Waals surface area (Å²) >= 11 is 0. The van der Waals surface area contributed by atoms with Gasteiger partial charge in [-0.2, -0.15) is 0 Å². The fraction of sp³-hybridized carbons (Fsp3) is 0.556. The van der Waals surface area contributed by atoms with E-state index in [0.717, 1.165) is 0 Å². The summed E-state index contributed by atoms with van der Waals surface area (Å²) < 4.78 is 19.8. The van der Waals surface area contributed by atoms with Gasteiger partial charge in [-0.3, -0.25) is 4.79 Å². The highest BCUT2D eigenvalue weighted by Gasteiger charge is 2.55. The van der Waals surface area contributed by atoms with E-state index in [4.69, 9.17) is 9.84 Å². The van der Waals surface area contributed by atoms with Gasteiger partial charge < -0.3 is 14.7 Å². The molecule has 1 spiro atoms. The number of fused-ring (bicyclic) bond motifs is 1. The summed E-state index contributed by atoms with van der Waals surface area (Å²) in [5, 5.41) is 9.17. The van der Waals surface area contributed by atoms with Crippen LogP contribution in [0.5, 0.6) is 5.75 Å². The Bertz CT molecular complexity index is 687. The van der Waals surface area contributed by atoms with E-state index in [9.17, 15) is 14.0 Å². The van der Waals surface area contributed by atoms with E-state index >= 15 is 0 Å². The Morgan fingerprint density at radius 2 is 1.96 bits per heavy atom. The molecule has 1 unspecified atom stereocenters. The highest BCUT2D eigenvalue weighted by atomic mass is 19.1. The van der Waals surface area contributed by atoms with E-state index in [-0.39, 0.29) is 16.9 Å². The molecule has 1 aromatic rings. The zero-order chi connectivity index (χ0) is 17.7. The summed E-state index contributed by atoms with van der Waals surface area (Å²) in [4.78, 5) is 25.6. The van der Waals surface area contributed by atoms with Crippen LogP contribution in [0.1, 0.15) is 44.0 Å². The second kappa shape index (κ2) is 5.46. The van der Waals surface area contributed by atoms with Crippen LogP contribution in [0.25, 0.3) is 0 Å². The number of carbonyl (C=O) groups excluding carboxylic acids is 1. The van der Waals surface area contributed by atoms with Crippen LogP contribution in [0, 0.1) is 17.2 Å². The van der Waals surface area contributed by atoms with Crippen LogP contribution in [0.2, 0.25) is 0 Å². The van der Waals surface area contributed by atoms with Crippen molar-refractivity contribution >= 4 is 11.9 Å². The number of nitrogens with zero attached hydrogens (tertiary/aromatic N) is 1. The van der Waals surface area contributed by atoms with Gasteiger partial charge in [-0.05, 0) is 17.5 Å². The van der Waals surface area contributed by atoms with Crippen molar-refractivity contribution in [1.82, 2.24) is 4.90 Å². The Morgan fingerprint density at radius 3 is 2.50 bits per heavy atom. The maximum Gasteiger partial charge on any atom is 0.407 e. The van der Waals surface area contributed by atoms with E-state index in [1.165, 1.54) is 23.1 Å². The highest BCUT2D eigenvalue weighted by Crippen LogP contribution is 2.49. The largest absolute Gasteiger partial charge is 0.485 e. The number of benzene rings is 1. The van der Waals surface area contributed by atoms with Crippen molar-refractivity contribution in [3.8, 4) is 5.75 Å². The highest BCUT2D eigenvalue weighted by molar-refractivity contribution is 6.02. The number of Topliss-reactive ketones (excluding diaryl/α,β-unsaturated/α-hetero) is 1. The molecule has 2 aliphatic heterocycles.